The summed E-state index contributed by atoms with van der Waals surface area (Å²) < 4.78 is 0.872. The predicted molar refractivity (Wildman–Crippen MR) is 73.0 cm³/mol. The number of hydrogen-bond donors (Lipinski definition) is 2. The first-order valence-electron chi connectivity index (χ1n) is 5.91. The van der Waals surface area contributed by atoms with Crippen LogP contribution in [0, 0.1) is 0 Å². The molecular formula is C12H18BrN3O. The monoisotopic (exact) mass is 299 g/mol. The molecule has 0 aliphatic heterocycles. The van der Waals surface area contributed by atoms with Crippen molar-refractivity contribution < 1.29 is 5.11 Å². The normalized spacial score (nSPS) is 24.6. The first-order valence-corrected chi connectivity index (χ1v) is 6.71. The lowest BCUT2D eigenvalue weighted by atomic mass is 9.91. The average molecular weight is 300 g/mol. The minimum atomic E-state index is -0.279. The molecule has 0 spiro atoms. The molecule has 0 amide bonds. The van der Waals surface area contributed by atoms with Crippen molar-refractivity contribution in [3.05, 3.63) is 16.7 Å². The highest BCUT2D eigenvalue weighted by atomic mass is 79.9. The number of hydrogen-bond acceptors (Lipinski definition) is 4. The van der Waals surface area contributed by atoms with Gasteiger partial charge < -0.3 is 15.7 Å². The maximum atomic E-state index is 10.0. The van der Waals surface area contributed by atoms with Gasteiger partial charge in [-0.1, -0.05) is 12.8 Å². The van der Waals surface area contributed by atoms with Gasteiger partial charge in [0.2, 0.25) is 0 Å². The largest absolute Gasteiger partial charge is 0.396 e. The van der Waals surface area contributed by atoms with Crippen molar-refractivity contribution in [3.8, 4) is 0 Å². The van der Waals surface area contributed by atoms with E-state index in [-0.39, 0.29) is 12.1 Å². The van der Waals surface area contributed by atoms with Crippen molar-refractivity contribution >= 4 is 27.4 Å². The number of anilines is 2. The van der Waals surface area contributed by atoms with Crippen molar-refractivity contribution in [2.24, 2.45) is 0 Å². The van der Waals surface area contributed by atoms with Gasteiger partial charge in [0.05, 0.1) is 17.8 Å². The van der Waals surface area contributed by atoms with E-state index in [1.165, 1.54) is 0 Å². The number of halogens is 1. The lowest BCUT2D eigenvalue weighted by molar-refractivity contribution is 0.106. The summed E-state index contributed by atoms with van der Waals surface area (Å²) in [5, 5.41) is 10.0. The van der Waals surface area contributed by atoms with Crippen LogP contribution in [0.2, 0.25) is 0 Å². The van der Waals surface area contributed by atoms with Crippen molar-refractivity contribution in [2.75, 3.05) is 17.7 Å². The Labute approximate surface area is 110 Å². The third-order valence-electron chi connectivity index (χ3n) is 3.39. The zero-order valence-corrected chi connectivity index (χ0v) is 11.5. The summed E-state index contributed by atoms with van der Waals surface area (Å²) in [6, 6.07) is 1.97. The Morgan fingerprint density at radius 1 is 1.47 bits per heavy atom. The fourth-order valence-electron chi connectivity index (χ4n) is 2.44. The summed E-state index contributed by atoms with van der Waals surface area (Å²) in [5.41, 5.74) is 6.60. The first-order chi connectivity index (χ1) is 8.09. The molecule has 1 saturated carbocycles. The molecule has 2 atom stereocenters. The molecule has 0 aromatic carbocycles. The van der Waals surface area contributed by atoms with Gasteiger partial charge in [-0.3, -0.25) is 0 Å². The number of rotatable bonds is 2. The van der Waals surface area contributed by atoms with E-state index in [4.69, 9.17) is 5.73 Å². The quantitative estimate of drug-likeness (QED) is 0.878. The highest BCUT2D eigenvalue weighted by Gasteiger charge is 2.28. The van der Waals surface area contributed by atoms with Crippen molar-refractivity contribution in [1.82, 2.24) is 4.98 Å². The van der Waals surface area contributed by atoms with Gasteiger partial charge in [-0.25, -0.2) is 4.98 Å². The number of likely N-dealkylation sites (N-methyl/N-ethyl adjacent to an activating group) is 1. The van der Waals surface area contributed by atoms with E-state index >= 15 is 0 Å². The molecule has 1 fully saturated rings. The number of aromatic nitrogens is 1. The number of nitrogens with two attached hydrogens (primary N) is 1. The van der Waals surface area contributed by atoms with Crippen molar-refractivity contribution in [1.29, 1.82) is 0 Å². The van der Waals surface area contributed by atoms with Crippen LogP contribution in [0.5, 0.6) is 0 Å². The second-order valence-corrected chi connectivity index (χ2v) is 5.51. The lowest BCUT2D eigenvalue weighted by Crippen LogP contribution is -2.44. The van der Waals surface area contributed by atoms with Crippen LogP contribution in [0.1, 0.15) is 25.7 Å². The molecule has 1 aromatic rings. The van der Waals surface area contributed by atoms with Gasteiger partial charge in [-0.05, 0) is 34.8 Å². The molecular weight excluding hydrogens is 282 g/mol. The topological polar surface area (TPSA) is 62.4 Å². The molecule has 2 unspecified atom stereocenters. The van der Waals surface area contributed by atoms with E-state index in [0.717, 1.165) is 36.0 Å². The third-order valence-corrected chi connectivity index (χ3v) is 3.82. The maximum Gasteiger partial charge on any atom is 0.151 e. The van der Waals surface area contributed by atoms with Crippen LogP contribution in [0.3, 0.4) is 0 Å². The zero-order chi connectivity index (χ0) is 12.4. The Bertz CT molecular complexity index is 399. The SMILES string of the molecule is CN(c1ncc(Br)cc1N)C1CCCCC1O. The Morgan fingerprint density at radius 2 is 2.18 bits per heavy atom. The maximum absolute atomic E-state index is 10.0. The Balaban J connectivity index is 2.20. The van der Waals surface area contributed by atoms with Crippen LogP contribution in [-0.4, -0.2) is 29.3 Å². The standard InChI is InChI=1S/C12H18BrN3O/c1-16(10-4-2-3-5-11(10)17)12-9(14)6-8(13)7-15-12/h6-7,10-11,17H,2-5,14H2,1H3. The predicted octanol–water partition coefficient (Wildman–Crippen LogP) is 2.17. The summed E-state index contributed by atoms with van der Waals surface area (Å²) in [6.45, 7) is 0. The molecule has 94 valence electrons. The van der Waals surface area contributed by atoms with Crippen molar-refractivity contribution in [3.63, 3.8) is 0 Å². The van der Waals surface area contributed by atoms with E-state index < -0.39 is 0 Å². The number of pyridine rings is 1. The van der Waals surface area contributed by atoms with Gasteiger partial charge in [0.25, 0.3) is 0 Å². The summed E-state index contributed by atoms with van der Waals surface area (Å²) in [6.07, 6.45) is 5.58. The smallest absolute Gasteiger partial charge is 0.151 e. The van der Waals surface area contributed by atoms with Gasteiger partial charge in [0.1, 0.15) is 0 Å². The Morgan fingerprint density at radius 3 is 2.82 bits per heavy atom. The van der Waals surface area contributed by atoms with Crippen LogP contribution in [0.25, 0.3) is 0 Å². The molecule has 17 heavy (non-hydrogen) atoms. The van der Waals surface area contributed by atoms with Crippen LogP contribution >= 0.6 is 15.9 Å². The zero-order valence-electron chi connectivity index (χ0n) is 9.93. The molecule has 1 aliphatic rings. The fraction of sp³-hybridized carbons (Fsp3) is 0.583. The molecule has 1 aliphatic carbocycles. The molecule has 4 nitrogen and oxygen atoms in total. The molecule has 0 saturated heterocycles. The summed E-state index contributed by atoms with van der Waals surface area (Å²) >= 11 is 3.34. The van der Waals surface area contributed by atoms with Gasteiger partial charge in [-0.2, -0.15) is 0 Å². The average Bonchev–Trinajstić information content (AvgIpc) is 2.29. The molecule has 1 heterocycles. The highest BCUT2D eigenvalue weighted by molar-refractivity contribution is 9.10. The molecule has 0 radical (unpaired) electrons. The van der Waals surface area contributed by atoms with Crippen LogP contribution in [0.15, 0.2) is 16.7 Å². The van der Waals surface area contributed by atoms with Gasteiger partial charge in [0.15, 0.2) is 5.82 Å². The number of aliphatic hydroxyl groups is 1. The second-order valence-electron chi connectivity index (χ2n) is 4.60. The molecule has 3 N–H and O–H groups in total. The summed E-state index contributed by atoms with van der Waals surface area (Å²) in [5.74, 6) is 0.749. The van der Waals surface area contributed by atoms with E-state index in [1.54, 1.807) is 6.20 Å². The first kappa shape index (κ1) is 12.6. The summed E-state index contributed by atoms with van der Waals surface area (Å²) in [7, 11) is 1.95. The lowest BCUT2D eigenvalue weighted by Gasteiger charge is -2.36. The fourth-order valence-corrected chi connectivity index (χ4v) is 2.79. The Kier molecular flexibility index (Phi) is 3.89. The highest BCUT2D eigenvalue weighted by Crippen LogP contribution is 2.29. The van der Waals surface area contributed by atoms with Crippen LogP contribution < -0.4 is 10.6 Å². The second kappa shape index (κ2) is 5.23. The van der Waals surface area contributed by atoms with Gasteiger partial charge >= 0.3 is 0 Å². The minimum absolute atomic E-state index is 0.125. The molecule has 5 heteroatoms. The van der Waals surface area contributed by atoms with Gasteiger partial charge in [0, 0.05) is 17.7 Å². The third kappa shape index (κ3) is 2.72. The van der Waals surface area contributed by atoms with E-state index in [9.17, 15) is 5.11 Å². The Hall–Kier alpha value is -0.810. The number of nitrogen functional groups attached to an aromatic ring is 1. The number of aliphatic hydroxyl groups excluding tert-OH is 1. The van der Waals surface area contributed by atoms with Gasteiger partial charge in [-0.15, -0.1) is 0 Å². The molecule has 0 bridgehead atoms. The summed E-state index contributed by atoms with van der Waals surface area (Å²) in [4.78, 5) is 6.34. The van der Waals surface area contributed by atoms with E-state index in [1.807, 2.05) is 18.0 Å². The minimum Gasteiger partial charge on any atom is -0.396 e. The van der Waals surface area contributed by atoms with E-state index in [2.05, 4.69) is 20.9 Å². The van der Waals surface area contributed by atoms with Crippen LogP contribution in [0.4, 0.5) is 11.5 Å². The molecule has 1 aromatic heterocycles. The van der Waals surface area contributed by atoms with E-state index in [0.29, 0.717) is 5.69 Å². The van der Waals surface area contributed by atoms with Crippen molar-refractivity contribution in [2.45, 2.75) is 37.8 Å². The molecule has 2 rings (SSSR count). The number of nitrogens with zero attached hydrogens (tertiary/aromatic N) is 2. The van der Waals surface area contributed by atoms with Crippen LogP contribution in [-0.2, 0) is 0 Å².